The number of benzene rings is 7. The minimum absolute atomic E-state index is 0.0288. The summed E-state index contributed by atoms with van der Waals surface area (Å²) in [6.07, 6.45) is 13.6. The van der Waals surface area contributed by atoms with E-state index in [1.54, 1.807) is 120 Å². The van der Waals surface area contributed by atoms with Crippen molar-refractivity contribution in [1.29, 1.82) is 0 Å². The monoisotopic (exact) mass is 716 g/mol. The van der Waals surface area contributed by atoms with Gasteiger partial charge in [0, 0.05) is 35.0 Å². The number of hydrogen-bond acceptors (Lipinski definition) is 2. The Hall–Kier alpha value is -5.21. The number of unbranched alkanes of at least 4 members (excludes halogenated alkanes) is 1. The van der Waals surface area contributed by atoms with Crippen molar-refractivity contribution in [2.75, 3.05) is 6.61 Å². The standard InChI is InChI=1S/C54H36O2/c1-2-3-12-56-30(55)10-7-11-53(28-8-5-4-6-9-28)52-29-19-26-17-23-15-24-14-21-13-22-16-25-18-27-20-54(52,53)51-37(27)42-36(25)41-32(22)31(21)39-35(24)40-33(23)34(26)43-38(29)50(51)49-47(42)45(41)44(39)46(40)48(43)49/h4-6,8-9,15-16,18-21,24,31,35,52H,2-3,7,10-14,17H2,1H3. The highest BCUT2D eigenvalue weighted by atomic mass is 16.5. The molecule has 9 aliphatic carbocycles. The lowest BCUT2D eigenvalue weighted by atomic mass is 9.61. The Morgan fingerprint density at radius 3 is 2.57 bits per heavy atom. The number of fused-ring (bicyclic) bond motifs is 1. The van der Waals surface area contributed by atoms with Crippen molar-refractivity contribution < 1.29 is 9.53 Å². The van der Waals surface area contributed by atoms with Crippen LogP contribution in [-0.2, 0) is 33.2 Å². The second-order valence-corrected chi connectivity index (χ2v) is 20.0. The highest BCUT2D eigenvalue weighted by Crippen LogP contribution is 2.84. The van der Waals surface area contributed by atoms with Crippen molar-refractivity contribution >= 4 is 98.6 Å². The second-order valence-electron chi connectivity index (χ2n) is 20.0. The average molecular weight is 717 g/mol. The van der Waals surface area contributed by atoms with Gasteiger partial charge in [-0.2, -0.15) is 0 Å². The highest BCUT2D eigenvalue weighted by Gasteiger charge is 2.79. The SMILES string of the molecule is CCCCOC(=O)CCCC1(c2ccccc2)C2c3cc4c5c6c7c8c9c%10c%11c%12c(cc%13cc%14c%15c(c%16c3c5c8c%16c%10c%15c%13%11)C21C=%14)CC1CC(C=C6C4)C7C=9C%121. The van der Waals surface area contributed by atoms with Crippen LogP contribution in [0.3, 0.4) is 0 Å². The molecule has 264 valence electrons. The normalized spacial score (nSPS) is 30.3. The van der Waals surface area contributed by atoms with Gasteiger partial charge < -0.3 is 4.74 Å². The van der Waals surface area contributed by atoms with Gasteiger partial charge in [-0.1, -0.05) is 68.0 Å². The van der Waals surface area contributed by atoms with Gasteiger partial charge in [-0.25, -0.2) is 0 Å². The van der Waals surface area contributed by atoms with E-state index in [0.29, 0.717) is 36.7 Å². The van der Waals surface area contributed by atoms with Crippen LogP contribution in [-0.4, -0.2) is 12.6 Å². The topological polar surface area (TPSA) is 26.3 Å². The number of carbonyl (C=O) groups excluding carboxylic acids is 1. The summed E-state index contributed by atoms with van der Waals surface area (Å²) in [5, 5.41) is 26.0. The summed E-state index contributed by atoms with van der Waals surface area (Å²) in [7, 11) is 0. The van der Waals surface area contributed by atoms with Crippen molar-refractivity contribution in [2.45, 2.75) is 86.9 Å². The maximum Gasteiger partial charge on any atom is 0.305 e. The van der Waals surface area contributed by atoms with Crippen molar-refractivity contribution in [3.05, 3.63) is 110 Å². The number of rotatable bonds is 8. The first-order valence-corrected chi connectivity index (χ1v) is 21.9. The first-order chi connectivity index (χ1) is 27.7. The van der Waals surface area contributed by atoms with Gasteiger partial charge in [0.05, 0.1) is 6.61 Å². The van der Waals surface area contributed by atoms with Crippen molar-refractivity contribution in [3.63, 3.8) is 0 Å². The summed E-state index contributed by atoms with van der Waals surface area (Å²) >= 11 is 0. The molecule has 2 saturated carbocycles. The van der Waals surface area contributed by atoms with Gasteiger partial charge in [0.1, 0.15) is 0 Å². The van der Waals surface area contributed by atoms with E-state index in [4.69, 9.17) is 4.74 Å². The molecule has 0 N–H and O–H groups in total. The van der Waals surface area contributed by atoms with Gasteiger partial charge in [-0.05, 0) is 198 Å². The van der Waals surface area contributed by atoms with Crippen LogP contribution in [0.15, 0.2) is 54.6 Å². The molecular weight excluding hydrogens is 681 g/mol. The molecule has 0 amide bonds. The van der Waals surface area contributed by atoms with Gasteiger partial charge in [0.2, 0.25) is 0 Å². The molecule has 2 nitrogen and oxygen atoms in total. The molecule has 56 heavy (non-hydrogen) atoms. The van der Waals surface area contributed by atoms with Gasteiger partial charge in [-0.15, -0.1) is 0 Å². The summed E-state index contributed by atoms with van der Waals surface area (Å²) in [5.74, 6) is 2.83. The van der Waals surface area contributed by atoms with E-state index in [9.17, 15) is 4.79 Å². The summed E-state index contributed by atoms with van der Waals surface area (Å²) in [6, 6.07) is 19.7. The van der Waals surface area contributed by atoms with Crippen molar-refractivity contribution in [2.24, 2.45) is 11.8 Å². The van der Waals surface area contributed by atoms with Crippen LogP contribution in [0.5, 0.6) is 0 Å². The summed E-state index contributed by atoms with van der Waals surface area (Å²) in [5.41, 5.74) is 16.4. The molecule has 2 heteroatoms. The number of hydrogen-bond donors (Lipinski definition) is 0. The fourth-order valence-electron chi connectivity index (χ4n) is 17.4. The van der Waals surface area contributed by atoms with Gasteiger partial charge in [0.15, 0.2) is 0 Å². The van der Waals surface area contributed by atoms with Crippen LogP contribution in [0.25, 0.3) is 92.6 Å². The molecule has 2 fully saturated rings. The summed E-state index contributed by atoms with van der Waals surface area (Å²) in [6.45, 7) is 2.70. The fraction of sp³-hybridized carbons (Fsp3) is 0.315. The lowest BCUT2D eigenvalue weighted by Gasteiger charge is -2.42. The van der Waals surface area contributed by atoms with E-state index in [0.717, 1.165) is 38.0 Å². The zero-order valence-corrected chi connectivity index (χ0v) is 31.3. The summed E-state index contributed by atoms with van der Waals surface area (Å²) in [4.78, 5) is 13.2. The largest absolute Gasteiger partial charge is 0.466 e. The van der Waals surface area contributed by atoms with E-state index in [1.807, 2.05) is 5.57 Å². The molecule has 0 heterocycles. The molecule has 0 aliphatic heterocycles. The maximum atomic E-state index is 13.2. The number of esters is 1. The fourth-order valence-corrected chi connectivity index (χ4v) is 17.4. The molecule has 7 atom stereocenters. The minimum atomic E-state index is -0.139. The van der Waals surface area contributed by atoms with Crippen LogP contribution < -0.4 is 10.4 Å². The number of ether oxygens (including phenoxy) is 1. The first-order valence-electron chi connectivity index (χ1n) is 21.9. The Morgan fingerprint density at radius 2 is 1.66 bits per heavy atom. The third-order valence-corrected chi connectivity index (χ3v) is 18.4. The lowest BCUT2D eigenvalue weighted by Crippen LogP contribution is -2.31. The molecule has 9 aromatic rings. The third kappa shape index (κ3) is 2.24. The molecule has 18 rings (SSSR count). The lowest BCUT2D eigenvalue weighted by molar-refractivity contribution is -0.143. The Labute approximate surface area is 321 Å². The van der Waals surface area contributed by atoms with E-state index in [-0.39, 0.29) is 16.8 Å². The molecule has 9 aromatic carbocycles. The van der Waals surface area contributed by atoms with Crippen LogP contribution >= 0.6 is 0 Å². The predicted octanol–water partition coefficient (Wildman–Crippen LogP) is 10.6. The molecule has 0 saturated heterocycles. The molecular formula is C54H36O2. The quantitative estimate of drug-likeness (QED) is 0.0889. The van der Waals surface area contributed by atoms with Crippen molar-refractivity contribution in [1.82, 2.24) is 0 Å². The van der Waals surface area contributed by atoms with Crippen LogP contribution in [0, 0.1) is 11.8 Å². The number of allylic oxidation sites excluding steroid dienone is 2. The van der Waals surface area contributed by atoms with Crippen LogP contribution in [0.1, 0.15) is 108 Å². The van der Waals surface area contributed by atoms with Crippen molar-refractivity contribution in [3.8, 4) is 0 Å². The van der Waals surface area contributed by atoms with Crippen LogP contribution in [0.4, 0.5) is 0 Å². The van der Waals surface area contributed by atoms with Gasteiger partial charge >= 0.3 is 5.97 Å². The van der Waals surface area contributed by atoms with E-state index >= 15 is 0 Å². The maximum absolute atomic E-state index is 13.2. The Balaban J connectivity index is 1.06. The smallest absolute Gasteiger partial charge is 0.305 e. The molecule has 7 unspecified atom stereocenters. The van der Waals surface area contributed by atoms with E-state index < -0.39 is 0 Å². The predicted molar refractivity (Wildman–Crippen MR) is 226 cm³/mol. The molecule has 0 radical (unpaired) electrons. The average Bonchev–Trinajstić information content (AvgIpc) is 3.89. The van der Waals surface area contributed by atoms with E-state index in [1.165, 1.54) is 29.0 Å². The zero-order chi connectivity index (χ0) is 35.6. The molecule has 9 aliphatic rings. The Morgan fingerprint density at radius 1 is 0.804 bits per heavy atom. The van der Waals surface area contributed by atoms with E-state index in [2.05, 4.69) is 67.6 Å². The van der Waals surface area contributed by atoms with Gasteiger partial charge in [0.25, 0.3) is 0 Å². The second kappa shape index (κ2) is 7.86. The zero-order valence-electron chi connectivity index (χ0n) is 31.3. The number of carbonyl (C=O) groups is 1. The van der Waals surface area contributed by atoms with Crippen LogP contribution in [0.2, 0.25) is 0 Å². The molecule has 0 aromatic heterocycles. The molecule has 0 bridgehead atoms. The third-order valence-electron chi connectivity index (χ3n) is 18.4. The Bertz CT molecular complexity index is 3710. The minimum Gasteiger partial charge on any atom is -0.466 e. The first kappa shape index (κ1) is 27.4. The summed E-state index contributed by atoms with van der Waals surface area (Å²) < 4.78 is 5.76. The van der Waals surface area contributed by atoms with Gasteiger partial charge in [-0.3, -0.25) is 4.79 Å². The Kier molecular flexibility index (Phi) is 3.85. The molecule has 1 spiro atoms. The highest BCUT2D eigenvalue weighted by molar-refractivity contribution is 6.54.